The number of nitrogens with zero attached hydrogens (tertiary/aromatic N) is 3. The van der Waals surface area contributed by atoms with Crippen LogP contribution in [0.15, 0.2) is 48.5 Å². The van der Waals surface area contributed by atoms with E-state index in [-0.39, 0.29) is 11.9 Å². The third-order valence-corrected chi connectivity index (χ3v) is 4.03. The maximum atomic E-state index is 12.9. The fraction of sp³-hybridized carbons (Fsp3) is 0.211. The smallest absolute Gasteiger partial charge is 0.336 e. The number of aryl methyl sites for hydroxylation is 1. The number of halogens is 1. The Morgan fingerprint density at radius 3 is 2.54 bits per heavy atom. The van der Waals surface area contributed by atoms with Crippen LogP contribution in [-0.2, 0) is 4.74 Å². The Kier molecular flexibility index (Phi) is 5.65. The second kappa shape index (κ2) is 8.12. The molecule has 0 unspecified atom stereocenters. The molecule has 0 spiro atoms. The van der Waals surface area contributed by atoms with Gasteiger partial charge in [-0.2, -0.15) is 9.67 Å². The molecule has 7 heteroatoms. The highest BCUT2D eigenvalue weighted by Gasteiger charge is 2.21. The third kappa shape index (κ3) is 3.92. The summed E-state index contributed by atoms with van der Waals surface area (Å²) in [5.41, 5.74) is 2.25. The minimum atomic E-state index is -0.311. The first-order valence-electron chi connectivity index (χ1n) is 8.05. The molecule has 0 radical (unpaired) electrons. The quantitative estimate of drug-likeness (QED) is 0.619. The number of ether oxygens (including phenoxy) is 2. The Morgan fingerprint density at radius 1 is 1.12 bits per heavy atom. The predicted molar refractivity (Wildman–Crippen MR) is 98.7 cm³/mol. The lowest BCUT2D eigenvalue weighted by Gasteiger charge is -2.07. The Morgan fingerprint density at radius 2 is 1.85 bits per heavy atom. The van der Waals surface area contributed by atoms with E-state index in [1.54, 1.807) is 31.4 Å². The van der Waals surface area contributed by atoms with Gasteiger partial charge in [-0.05, 0) is 36.8 Å². The molecule has 6 nitrogen and oxygen atoms in total. The van der Waals surface area contributed by atoms with Crippen molar-refractivity contribution in [2.24, 2.45) is 0 Å². The van der Waals surface area contributed by atoms with E-state index < -0.39 is 0 Å². The van der Waals surface area contributed by atoms with Crippen molar-refractivity contribution in [3.8, 4) is 17.4 Å². The molecule has 0 amide bonds. The van der Waals surface area contributed by atoms with E-state index in [1.165, 1.54) is 4.68 Å². The zero-order valence-corrected chi connectivity index (χ0v) is 15.2. The number of carbonyl (C=O) groups is 1. The van der Waals surface area contributed by atoms with E-state index in [1.807, 2.05) is 31.2 Å². The van der Waals surface area contributed by atoms with Gasteiger partial charge >= 0.3 is 6.01 Å². The molecule has 0 N–H and O–H groups in total. The van der Waals surface area contributed by atoms with Crippen molar-refractivity contribution in [1.82, 2.24) is 14.8 Å². The number of carbonyl (C=O) groups excluding carboxylic acids is 1. The molecule has 0 aliphatic heterocycles. The average molecular weight is 372 g/mol. The summed E-state index contributed by atoms with van der Waals surface area (Å²) in [4.78, 5) is 17.3. The van der Waals surface area contributed by atoms with Crippen LogP contribution in [-0.4, -0.2) is 41.0 Å². The molecular formula is C19H18ClN3O3. The summed E-state index contributed by atoms with van der Waals surface area (Å²) in [5.74, 6) is 0.115. The lowest BCUT2D eigenvalue weighted by Crippen LogP contribution is -2.15. The molecule has 0 fully saturated rings. The van der Waals surface area contributed by atoms with E-state index in [9.17, 15) is 4.79 Å². The van der Waals surface area contributed by atoms with Crippen LogP contribution in [0.1, 0.15) is 15.9 Å². The molecule has 1 heterocycles. The lowest BCUT2D eigenvalue weighted by molar-refractivity contribution is 0.0943. The Bertz CT molecular complexity index is 907. The van der Waals surface area contributed by atoms with Crippen LogP contribution in [0.25, 0.3) is 11.4 Å². The maximum absolute atomic E-state index is 12.9. The van der Waals surface area contributed by atoms with Crippen molar-refractivity contribution in [3.05, 3.63) is 64.7 Å². The van der Waals surface area contributed by atoms with Crippen molar-refractivity contribution < 1.29 is 14.3 Å². The zero-order valence-electron chi connectivity index (χ0n) is 14.5. The van der Waals surface area contributed by atoms with E-state index in [0.29, 0.717) is 29.6 Å². The fourth-order valence-corrected chi connectivity index (χ4v) is 2.55. The monoisotopic (exact) mass is 371 g/mol. The SMILES string of the molecule is COCCOc1nc(-c2ccccc2C)n(C(=O)c2ccc(Cl)cc2)n1. The van der Waals surface area contributed by atoms with Crippen LogP contribution in [0.3, 0.4) is 0 Å². The minimum absolute atomic E-state index is 0.127. The Labute approximate surface area is 156 Å². The highest BCUT2D eigenvalue weighted by atomic mass is 35.5. The predicted octanol–water partition coefficient (Wildman–Crippen LogP) is 3.62. The van der Waals surface area contributed by atoms with Crippen molar-refractivity contribution in [2.45, 2.75) is 6.92 Å². The van der Waals surface area contributed by atoms with Gasteiger partial charge in [-0.3, -0.25) is 4.79 Å². The first kappa shape index (κ1) is 18.1. The van der Waals surface area contributed by atoms with Crippen molar-refractivity contribution in [1.29, 1.82) is 0 Å². The molecule has 3 aromatic rings. The number of hydrogen-bond donors (Lipinski definition) is 0. The highest BCUT2D eigenvalue weighted by Crippen LogP contribution is 2.24. The van der Waals surface area contributed by atoms with Crippen molar-refractivity contribution in [2.75, 3.05) is 20.3 Å². The molecule has 1 aromatic heterocycles. The summed E-state index contributed by atoms with van der Waals surface area (Å²) in [5, 5.41) is 4.80. The molecule has 0 aliphatic carbocycles. The van der Waals surface area contributed by atoms with Gasteiger partial charge in [0.2, 0.25) is 0 Å². The number of aromatic nitrogens is 3. The van der Waals surface area contributed by atoms with Gasteiger partial charge in [-0.1, -0.05) is 35.9 Å². The van der Waals surface area contributed by atoms with Gasteiger partial charge in [0.1, 0.15) is 6.61 Å². The van der Waals surface area contributed by atoms with Gasteiger partial charge in [-0.15, -0.1) is 5.10 Å². The largest absolute Gasteiger partial charge is 0.460 e. The van der Waals surface area contributed by atoms with Crippen molar-refractivity contribution >= 4 is 17.5 Å². The Hall–Kier alpha value is -2.70. The Balaban J connectivity index is 2.02. The van der Waals surface area contributed by atoms with Gasteiger partial charge < -0.3 is 9.47 Å². The highest BCUT2D eigenvalue weighted by molar-refractivity contribution is 6.30. The van der Waals surface area contributed by atoms with Crippen LogP contribution >= 0.6 is 11.6 Å². The van der Waals surface area contributed by atoms with Crippen LogP contribution in [0.2, 0.25) is 5.02 Å². The maximum Gasteiger partial charge on any atom is 0.336 e. The minimum Gasteiger partial charge on any atom is -0.460 e. The molecule has 2 aromatic carbocycles. The average Bonchev–Trinajstić information content (AvgIpc) is 3.06. The summed E-state index contributed by atoms with van der Waals surface area (Å²) in [6.45, 7) is 2.65. The summed E-state index contributed by atoms with van der Waals surface area (Å²) in [6.07, 6.45) is 0. The summed E-state index contributed by atoms with van der Waals surface area (Å²) in [6, 6.07) is 14.4. The van der Waals surface area contributed by atoms with Gasteiger partial charge in [0, 0.05) is 23.3 Å². The van der Waals surface area contributed by atoms with Crippen LogP contribution in [0, 0.1) is 6.92 Å². The standard InChI is InChI=1S/C19H18ClN3O3/c1-13-5-3-4-6-16(13)17-21-19(26-12-11-25-2)22-23(17)18(24)14-7-9-15(20)10-8-14/h3-10H,11-12H2,1-2H3. The summed E-state index contributed by atoms with van der Waals surface area (Å²) < 4.78 is 11.7. The molecule has 0 saturated heterocycles. The molecule has 0 saturated carbocycles. The van der Waals surface area contributed by atoms with E-state index in [0.717, 1.165) is 11.1 Å². The second-order valence-corrected chi connectivity index (χ2v) is 6.03. The number of benzene rings is 2. The van der Waals surface area contributed by atoms with Crippen molar-refractivity contribution in [3.63, 3.8) is 0 Å². The lowest BCUT2D eigenvalue weighted by atomic mass is 10.1. The van der Waals surface area contributed by atoms with Gasteiger partial charge in [0.25, 0.3) is 5.91 Å². The van der Waals surface area contributed by atoms with Gasteiger partial charge in [0.05, 0.1) is 6.61 Å². The fourth-order valence-electron chi connectivity index (χ4n) is 2.43. The second-order valence-electron chi connectivity index (χ2n) is 5.60. The normalized spacial score (nSPS) is 10.7. The van der Waals surface area contributed by atoms with Crippen LogP contribution in [0.4, 0.5) is 0 Å². The molecule has 3 rings (SSSR count). The zero-order chi connectivity index (χ0) is 18.5. The topological polar surface area (TPSA) is 66.2 Å². The van der Waals surface area contributed by atoms with Crippen LogP contribution < -0.4 is 4.74 Å². The molecule has 0 aliphatic rings. The molecule has 0 atom stereocenters. The first-order chi connectivity index (χ1) is 12.6. The van der Waals surface area contributed by atoms with E-state index in [4.69, 9.17) is 21.1 Å². The third-order valence-electron chi connectivity index (χ3n) is 3.78. The molecular weight excluding hydrogens is 354 g/mol. The summed E-state index contributed by atoms with van der Waals surface area (Å²) >= 11 is 5.91. The molecule has 134 valence electrons. The van der Waals surface area contributed by atoms with Gasteiger partial charge in [0.15, 0.2) is 5.82 Å². The first-order valence-corrected chi connectivity index (χ1v) is 8.43. The van der Waals surface area contributed by atoms with Gasteiger partial charge in [-0.25, -0.2) is 0 Å². The molecule has 0 bridgehead atoms. The number of rotatable bonds is 6. The van der Waals surface area contributed by atoms with E-state index in [2.05, 4.69) is 10.1 Å². The summed E-state index contributed by atoms with van der Waals surface area (Å²) in [7, 11) is 1.58. The number of hydrogen-bond acceptors (Lipinski definition) is 5. The molecule has 26 heavy (non-hydrogen) atoms. The number of methoxy groups -OCH3 is 1. The van der Waals surface area contributed by atoms with E-state index >= 15 is 0 Å². The van der Waals surface area contributed by atoms with Crippen LogP contribution in [0.5, 0.6) is 6.01 Å².